The quantitative estimate of drug-likeness (QED) is 0.791. The van der Waals surface area contributed by atoms with Crippen LogP contribution in [0.1, 0.15) is 39.7 Å². The van der Waals surface area contributed by atoms with Crippen molar-refractivity contribution in [2.75, 3.05) is 11.9 Å². The summed E-state index contributed by atoms with van der Waals surface area (Å²) >= 11 is 0. The van der Waals surface area contributed by atoms with Crippen molar-refractivity contribution < 1.29 is 0 Å². The third kappa shape index (κ3) is 5.22. The van der Waals surface area contributed by atoms with Gasteiger partial charge in [-0.1, -0.05) is 26.0 Å². The molecule has 1 aromatic rings. The zero-order chi connectivity index (χ0) is 12.9. The Morgan fingerprint density at radius 3 is 2.24 bits per heavy atom. The van der Waals surface area contributed by atoms with Crippen LogP contribution in [0.2, 0.25) is 0 Å². The van der Waals surface area contributed by atoms with Crippen molar-refractivity contribution in [3.63, 3.8) is 0 Å². The third-order valence-electron chi connectivity index (χ3n) is 2.85. The van der Waals surface area contributed by atoms with Crippen LogP contribution < -0.4 is 11.1 Å². The van der Waals surface area contributed by atoms with E-state index in [0.29, 0.717) is 12.5 Å². The molecule has 1 aromatic carbocycles. The van der Waals surface area contributed by atoms with Gasteiger partial charge in [-0.05, 0) is 56.8 Å². The minimum atomic E-state index is 0.0638. The monoisotopic (exact) mass is 234 g/mol. The number of hydrogen-bond donors (Lipinski definition) is 2. The highest BCUT2D eigenvalue weighted by Gasteiger charge is 2.15. The molecule has 0 saturated heterocycles. The lowest BCUT2D eigenvalue weighted by Crippen LogP contribution is -2.33. The van der Waals surface area contributed by atoms with Crippen LogP contribution in [0.25, 0.3) is 0 Å². The van der Waals surface area contributed by atoms with Gasteiger partial charge in [0.25, 0.3) is 0 Å². The average molecular weight is 234 g/mol. The summed E-state index contributed by atoms with van der Waals surface area (Å²) in [7, 11) is 0. The van der Waals surface area contributed by atoms with E-state index in [9.17, 15) is 0 Å². The van der Waals surface area contributed by atoms with Crippen molar-refractivity contribution in [2.45, 2.75) is 46.1 Å². The lowest BCUT2D eigenvalue weighted by Gasteiger charge is -2.27. The Hall–Kier alpha value is -1.02. The molecule has 0 atom stereocenters. The maximum absolute atomic E-state index is 5.61. The molecule has 0 aromatic heterocycles. The molecule has 96 valence electrons. The van der Waals surface area contributed by atoms with Gasteiger partial charge in [-0.25, -0.2) is 0 Å². The fourth-order valence-electron chi connectivity index (χ4n) is 2.01. The van der Waals surface area contributed by atoms with Crippen LogP contribution in [0, 0.1) is 5.92 Å². The summed E-state index contributed by atoms with van der Waals surface area (Å²) < 4.78 is 0. The summed E-state index contributed by atoms with van der Waals surface area (Å²) in [6, 6.07) is 8.74. The zero-order valence-corrected chi connectivity index (χ0v) is 11.6. The Morgan fingerprint density at radius 1 is 1.18 bits per heavy atom. The van der Waals surface area contributed by atoms with Gasteiger partial charge in [0, 0.05) is 11.2 Å². The molecule has 2 heteroatoms. The second-order valence-corrected chi connectivity index (χ2v) is 5.84. The van der Waals surface area contributed by atoms with Crippen molar-refractivity contribution in [3.05, 3.63) is 29.8 Å². The van der Waals surface area contributed by atoms with E-state index in [4.69, 9.17) is 5.73 Å². The van der Waals surface area contributed by atoms with Gasteiger partial charge < -0.3 is 11.1 Å². The molecule has 0 heterocycles. The summed E-state index contributed by atoms with van der Waals surface area (Å²) in [4.78, 5) is 0. The Kier molecular flexibility index (Phi) is 5.01. The van der Waals surface area contributed by atoms with Gasteiger partial charge in [0.05, 0.1) is 0 Å². The number of hydrogen-bond acceptors (Lipinski definition) is 2. The van der Waals surface area contributed by atoms with Crippen molar-refractivity contribution >= 4 is 5.69 Å². The van der Waals surface area contributed by atoms with Gasteiger partial charge in [0.15, 0.2) is 0 Å². The highest BCUT2D eigenvalue weighted by Crippen LogP contribution is 2.19. The van der Waals surface area contributed by atoms with Crippen LogP contribution in [0.15, 0.2) is 24.3 Å². The van der Waals surface area contributed by atoms with E-state index in [0.717, 1.165) is 12.8 Å². The average Bonchev–Trinajstić information content (AvgIpc) is 2.19. The normalized spacial score (nSPS) is 11.9. The Labute approximate surface area is 106 Å². The Bertz CT molecular complexity index is 325. The maximum atomic E-state index is 5.61. The van der Waals surface area contributed by atoms with E-state index in [1.54, 1.807) is 0 Å². The van der Waals surface area contributed by atoms with Gasteiger partial charge >= 0.3 is 0 Å². The molecule has 0 spiro atoms. The molecule has 0 radical (unpaired) electrons. The molecule has 0 aliphatic heterocycles. The second-order valence-electron chi connectivity index (χ2n) is 5.84. The van der Waals surface area contributed by atoms with Crippen LogP contribution in [0.5, 0.6) is 0 Å². The molecule has 0 aliphatic rings. The topological polar surface area (TPSA) is 38.0 Å². The minimum absolute atomic E-state index is 0.0638. The third-order valence-corrected chi connectivity index (χ3v) is 2.85. The molecule has 0 saturated carbocycles. The number of anilines is 1. The number of rotatable bonds is 6. The highest BCUT2D eigenvalue weighted by atomic mass is 15.0. The Morgan fingerprint density at radius 2 is 1.76 bits per heavy atom. The fourth-order valence-corrected chi connectivity index (χ4v) is 2.01. The number of nitrogens with two attached hydrogens (primary N) is 1. The van der Waals surface area contributed by atoms with E-state index in [2.05, 4.69) is 57.3 Å². The zero-order valence-electron chi connectivity index (χ0n) is 11.6. The summed E-state index contributed by atoms with van der Waals surface area (Å²) in [6.07, 6.45) is 2.12. The largest absolute Gasteiger partial charge is 0.380 e. The molecule has 0 fully saturated rings. The first kappa shape index (κ1) is 14.0. The molecule has 1 rings (SSSR count). The van der Waals surface area contributed by atoms with Crippen LogP contribution >= 0.6 is 0 Å². The first-order chi connectivity index (χ1) is 7.93. The molecule has 0 amide bonds. The number of nitrogens with one attached hydrogen (secondary N) is 1. The standard InChI is InChI=1S/C15H26N2/c1-12(2)11-13-5-7-14(8-6-13)17-15(3,4)9-10-16/h5-8,12,17H,9-11,16H2,1-4H3. The van der Waals surface area contributed by atoms with Crippen LogP contribution in [0.3, 0.4) is 0 Å². The number of benzene rings is 1. The van der Waals surface area contributed by atoms with Crippen LogP contribution in [-0.2, 0) is 6.42 Å². The lowest BCUT2D eigenvalue weighted by atomic mass is 9.99. The van der Waals surface area contributed by atoms with Gasteiger partial charge in [0.2, 0.25) is 0 Å². The van der Waals surface area contributed by atoms with Gasteiger partial charge in [-0.3, -0.25) is 0 Å². The SMILES string of the molecule is CC(C)Cc1ccc(NC(C)(C)CCN)cc1. The molecule has 0 aliphatic carbocycles. The van der Waals surface area contributed by atoms with Crippen molar-refractivity contribution in [1.82, 2.24) is 0 Å². The highest BCUT2D eigenvalue weighted by molar-refractivity contribution is 5.46. The first-order valence-corrected chi connectivity index (χ1v) is 6.50. The van der Waals surface area contributed by atoms with E-state index in [1.165, 1.54) is 11.3 Å². The molecule has 0 unspecified atom stereocenters. The predicted octanol–water partition coefficient (Wildman–Crippen LogP) is 3.42. The minimum Gasteiger partial charge on any atom is -0.380 e. The molecule has 0 bridgehead atoms. The summed E-state index contributed by atoms with van der Waals surface area (Å²) in [6.45, 7) is 9.57. The summed E-state index contributed by atoms with van der Waals surface area (Å²) in [5.41, 5.74) is 8.25. The lowest BCUT2D eigenvalue weighted by molar-refractivity contribution is 0.526. The predicted molar refractivity (Wildman–Crippen MR) is 76.4 cm³/mol. The van der Waals surface area contributed by atoms with Gasteiger partial charge in [-0.2, -0.15) is 0 Å². The van der Waals surface area contributed by atoms with Gasteiger partial charge in [0.1, 0.15) is 0 Å². The Balaban J connectivity index is 2.62. The van der Waals surface area contributed by atoms with E-state index < -0.39 is 0 Å². The van der Waals surface area contributed by atoms with Crippen molar-refractivity contribution in [2.24, 2.45) is 11.7 Å². The summed E-state index contributed by atoms with van der Waals surface area (Å²) in [5.74, 6) is 0.711. The molecule has 2 nitrogen and oxygen atoms in total. The molecule has 3 N–H and O–H groups in total. The second kappa shape index (κ2) is 6.06. The molecular weight excluding hydrogens is 208 g/mol. The van der Waals surface area contributed by atoms with E-state index in [1.807, 2.05) is 0 Å². The first-order valence-electron chi connectivity index (χ1n) is 6.50. The fraction of sp³-hybridized carbons (Fsp3) is 0.600. The summed E-state index contributed by atoms with van der Waals surface area (Å²) in [5, 5.41) is 3.52. The maximum Gasteiger partial charge on any atom is 0.0344 e. The van der Waals surface area contributed by atoms with Gasteiger partial charge in [-0.15, -0.1) is 0 Å². The van der Waals surface area contributed by atoms with E-state index >= 15 is 0 Å². The van der Waals surface area contributed by atoms with Crippen molar-refractivity contribution in [3.8, 4) is 0 Å². The van der Waals surface area contributed by atoms with Crippen LogP contribution in [0.4, 0.5) is 5.69 Å². The van der Waals surface area contributed by atoms with Crippen molar-refractivity contribution in [1.29, 1.82) is 0 Å². The van der Waals surface area contributed by atoms with E-state index in [-0.39, 0.29) is 5.54 Å². The van der Waals surface area contributed by atoms with Crippen LogP contribution in [-0.4, -0.2) is 12.1 Å². The smallest absolute Gasteiger partial charge is 0.0344 e. The molecular formula is C15H26N2. The molecule has 17 heavy (non-hydrogen) atoms.